The molecule has 0 unspecified atom stereocenters. The maximum atomic E-state index is 6.29. The lowest BCUT2D eigenvalue weighted by molar-refractivity contribution is 0.544. The number of nitrogens with zero attached hydrogens (tertiary/aromatic N) is 27. The maximum Gasteiger partial charge on any atom is 0.0868 e. The third-order valence-electron chi connectivity index (χ3n) is 1.57. The highest BCUT2D eigenvalue weighted by molar-refractivity contribution is 5.06. The van der Waals surface area contributed by atoms with E-state index in [1.807, 2.05) is 0 Å². The monoisotopic (exact) mass is 496 g/mol. The van der Waals surface area contributed by atoms with Crippen molar-refractivity contribution >= 4 is 0 Å². The van der Waals surface area contributed by atoms with Crippen LogP contribution in [0.4, 0.5) is 0 Å². The van der Waals surface area contributed by atoms with Crippen LogP contribution in [0.1, 0.15) is 0 Å². The Morgan fingerprint density at radius 1 is 0.417 bits per heavy atom. The van der Waals surface area contributed by atoms with Crippen molar-refractivity contribution in [2.75, 3.05) is 0 Å². The highest BCUT2D eigenvalue weighted by Crippen LogP contribution is 1.90. The van der Waals surface area contributed by atoms with Crippen molar-refractivity contribution < 1.29 is 0 Å². The van der Waals surface area contributed by atoms with Crippen molar-refractivity contribution in [2.24, 2.45) is 141 Å². The molecule has 0 aromatic rings. The average molecular weight is 496 g/mol. The van der Waals surface area contributed by atoms with Gasteiger partial charge in [-0.15, -0.1) is 5.01 Å². The van der Waals surface area contributed by atoms with Crippen molar-refractivity contribution in [3.05, 3.63) is 0 Å². The van der Waals surface area contributed by atoms with Gasteiger partial charge in [-0.25, -0.2) is 0 Å². The molecule has 0 amide bonds. The van der Waals surface area contributed by atoms with Crippen LogP contribution in [0, 0.1) is 47.3 Å². The second kappa shape index (κ2) is 25.7. The van der Waals surface area contributed by atoms with Crippen LogP contribution in [0.5, 0.6) is 0 Å². The summed E-state index contributed by atoms with van der Waals surface area (Å²) in [6.07, 6.45) is 0. The Bertz CT molecular complexity index is 1130. The van der Waals surface area contributed by atoms with Gasteiger partial charge in [0.2, 0.25) is 0 Å². The first kappa shape index (κ1) is 28.7. The fourth-order valence-corrected chi connectivity index (χ4v) is 0.726. The van der Waals surface area contributed by atoms with Crippen molar-refractivity contribution in [3.8, 4) is 36.3 Å². The van der Waals surface area contributed by atoms with E-state index in [2.05, 4.69) is 177 Å². The summed E-state index contributed by atoms with van der Waals surface area (Å²) in [7, 11) is 0. The minimum absolute atomic E-state index is 0.648. The Morgan fingerprint density at radius 3 is 1.22 bits per heavy atom. The van der Waals surface area contributed by atoms with Gasteiger partial charge >= 0.3 is 0 Å². The molecule has 0 saturated heterocycles. The molecule has 30 nitrogen and oxygen atoms in total. The molecule has 4 N–H and O–H groups in total. The zero-order valence-electron chi connectivity index (χ0n) is 16.7. The molecule has 178 valence electrons. The summed E-state index contributed by atoms with van der Waals surface area (Å²) >= 11 is 0. The van der Waals surface area contributed by atoms with Crippen LogP contribution in [0.15, 0.2) is 135 Å². The molecule has 36 heavy (non-hydrogen) atoms. The van der Waals surface area contributed by atoms with Gasteiger partial charge in [-0.2, -0.15) is 11.1 Å². The first-order valence-corrected chi connectivity index (χ1v) is 7.40. The van der Waals surface area contributed by atoms with Crippen LogP contribution in [0.25, 0.3) is 0 Å². The van der Waals surface area contributed by atoms with Crippen molar-refractivity contribution in [2.45, 2.75) is 0 Å². The van der Waals surface area contributed by atoms with E-state index >= 15 is 0 Å². The van der Waals surface area contributed by atoms with Crippen molar-refractivity contribution in [1.82, 2.24) is 5.01 Å². The molecule has 0 atom stereocenters. The van der Waals surface area contributed by atoms with Gasteiger partial charge in [0.05, 0.1) is 36.3 Å². The highest BCUT2D eigenvalue weighted by atomic mass is 15.7. The van der Waals surface area contributed by atoms with E-state index in [9.17, 15) is 0 Å². The van der Waals surface area contributed by atoms with Gasteiger partial charge in [0.15, 0.2) is 0 Å². The third kappa shape index (κ3) is 23.0. The van der Waals surface area contributed by atoms with E-state index in [0.29, 0.717) is 5.01 Å². The summed E-state index contributed by atoms with van der Waals surface area (Å²) in [5, 5.41) is 79.0. The predicted octanol–water partition coefficient (Wildman–Crippen LogP) is 4.47. The zero-order valence-corrected chi connectivity index (χ0v) is 16.7. The molecule has 30 heteroatoms. The lowest BCUT2D eigenvalue weighted by atomic mass is 10.9. The minimum atomic E-state index is 0.648. The van der Waals surface area contributed by atoms with Crippen LogP contribution in [-0.2, 0) is 0 Å². The maximum absolute atomic E-state index is 6.29. The van der Waals surface area contributed by atoms with E-state index in [4.69, 9.17) is 11.1 Å². The van der Waals surface area contributed by atoms with E-state index in [1.165, 1.54) is 0 Å². The molecular formula is C6H4N30. The molecule has 0 aliphatic carbocycles. The standard InChI is InChI=1S/C6H4N30/c7-14-21-17-10-1-2-11-20-34-35-36(5-3-12-18-24-28-32-30-26-22-15-8)6-4-13-19-25-29-33-31-27-23-16-9/h8-9H,(H2,7,10,21)/b15-8?,16-9?,18-12?,19-13?,20-11?,26-22+,27-23+,28-24+,29-25+,32-30+,33-31+,35-34+. The topological polar surface area (TPSA) is 398 Å². The second-order valence-electron chi connectivity index (χ2n) is 3.40. The van der Waals surface area contributed by atoms with Gasteiger partial charge in [-0.05, 0) is 110 Å². The molecule has 0 heterocycles. The third-order valence-corrected chi connectivity index (χ3v) is 1.57. The summed E-state index contributed by atoms with van der Waals surface area (Å²) in [6.45, 7) is 0. The van der Waals surface area contributed by atoms with Gasteiger partial charge in [0.1, 0.15) is 0 Å². The molecule has 0 aromatic heterocycles. The van der Waals surface area contributed by atoms with Crippen LogP contribution in [0.3, 0.4) is 0 Å². The summed E-state index contributed by atoms with van der Waals surface area (Å²) in [5.41, 5.74) is 12.6. The first-order chi connectivity index (χ1) is 17.8. The van der Waals surface area contributed by atoms with Crippen LogP contribution < -0.4 is 5.84 Å². The normalized spacial score (nSPS) is 12.4. The molecule has 0 spiro atoms. The largest absolute Gasteiger partial charge is 0.303 e. The summed E-state index contributed by atoms with van der Waals surface area (Å²) in [5.74, 6) is 4.68. The number of hydrogen-bond acceptors (Lipinski definition) is 8. The Balaban J connectivity index is 5.15. The molecule has 0 aromatic carbocycles. The van der Waals surface area contributed by atoms with Gasteiger partial charge in [0.25, 0.3) is 0 Å². The molecule has 0 aliphatic heterocycles. The van der Waals surface area contributed by atoms with Gasteiger partial charge in [-0.3, -0.25) is 0 Å². The molecule has 0 saturated carbocycles. The fourth-order valence-electron chi connectivity index (χ4n) is 0.726. The Morgan fingerprint density at radius 2 is 0.778 bits per heavy atom. The van der Waals surface area contributed by atoms with E-state index in [1.54, 1.807) is 0 Å². The van der Waals surface area contributed by atoms with Crippen LogP contribution in [-0.4, -0.2) is 5.01 Å². The van der Waals surface area contributed by atoms with Crippen molar-refractivity contribution in [3.63, 3.8) is 0 Å². The van der Waals surface area contributed by atoms with Gasteiger partial charge < -0.3 is 5.84 Å². The zero-order chi connectivity index (χ0) is 26.2. The first-order valence-electron chi connectivity index (χ1n) is 7.40. The van der Waals surface area contributed by atoms with Crippen molar-refractivity contribution in [1.29, 1.82) is 11.1 Å². The Kier molecular flexibility index (Phi) is 20.5. The van der Waals surface area contributed by atoms with Gasteiger partial charge in [-0.1, -0.05) is 25.7 Å². The highest BCUT2D eigenvalue weighted by Gasteiger charge is 1.89. The number of rotatable bonds is 11. The predicted molar refractivity (Wildman–Crippen MR) is 97.9 cm³/mol. The van der Waals surface area contributed by atoms with Crippen LogP contribution in [0.2, 0.25) is 0 Å². The average Bonchev–Trinajstić information content (AvgIpc) is 2.89. The SMILES string of the molecule is N=N/N=N/N=N/N=N/N=NC#CN(C#CN=N/N=N/N=N/N=N/N=N)/N=N/N=NC#CN=N/N=N/N. The summed E-state index contributed by atoms with van der Waals surface area (Å²) < 4.78 is 0. The Hall–Kier alpha value is -7.32. The molecule has 0 radical (unpaired) electrons. The van der Waals surface area contributed by atoms with Crippen LogP contribution >= 0.6 is 0 Å². The van der Waals surface area contributed by atoms with E-state index in [0.717, 1.165) is 0 Å². The molecule has 0 aliphatic rings. The van der Waals surface area contributed by atoms with E-state index < -0.39 is 0 Å². The molecule has 0 fully saturated rings. The molecular weight excluding hydrogens is 492 g/mol. The molecule has 0 bridgehead atoms. The quantitative estimate of drug-likeness (QED) is 0.122. The Labute approximate surface area is 194 Å². The number of nitrogens with two attached hydrogens (primary N) is 1. The second-order valence-corrected chi connectivity index (χ2v) is 3.40. The lowest BCUT2D eigenvalue weighted by Crippen LogP contribution is -1.99. The molecule has 0 rings (SSSR count). The fraction of sp³-hybridized carbons (Fsp3) is 0. The lowest BCUT2D eigenvalue weighted by Gasteiger charge is -1.93. The van der Waals surface area contributed by atoms with Gasteiger partial charge in [0, 0.05) is 0 Å². The smallest absolute Gasteiger partial charge is 0.0868 e. The number of nitrogens with one attached hydrogen (secondary N) is 2. The number of hydrogen-bond donors (Lipinski definition) is 3. The minimum Gasteiger partial charge on any atom is -0.303 e. The summed E-state index contributed by atoms with van der Waals surface area (Å²) in [4.78, 5) is 0. The summed E-state index contributed by atoms with van der Waals surface area (Å²) in [6, 6.07) is 12.7. The van der Waals surface area contributed by atoms with E-state index in [-0.39, 0.29) is 0 Å².